The third-order valence-corrected chi connectivity index (χ3v) is 5.80. The van der Waals surface area contributed by atoms with Gasteiger partial charge in [0, 0.05) is 35.7 Å². The standard InChI is InChI=1S/C25H20F3N3O4/c26-25(27,28)35-18-5-3-4-17(14-18)34-21-12-13-31(24(21)33)16-10-8-15(9-11-16)22-19-6-1-2-7-20(19)23(32)30-29-22/h1-11,14,21,24,33H,12-13H2,(H,30,32). The van der Waals surface area contributed by atoms with Gasteiger partial charge in [0.15, 0.2) is 6.23 Å². The number of H-pyrrole nitrogens is 1. The second-order valence-electron chi connectivity index (χ2n) is 8.07. The van der Waals surface area contributed by atoms with E-state index < -0.39 is 24.4 Å². The molecule has 1 aliphatic rings. The Morgan fingerprint density at radius 2 is 1.69 bits per heavy atom. The predicted octanol–water partition coefficient (Wildman–Crippen LogP) is 4.46. The number of benzene rings is 3. The molecule has 2 N–H and O–H groups in total. The summed E-state index contributed by atoms with van der Waals surface area (Å²) in [5.74, 6) is -0.220. The number of aliphatic hydroxyl groups is 1. The fourth-order valence-electron chi connectivity index (χ4n) is 4.21. The smallest absolute Gasteiger partial charge is 0.486 e. The van der Waals surface area contributed by atoms with Crippen LogP contribution in [-0.2, 0) is 0 Å². The van der Waals surface area contributed by atoms with Crippen molar-refractivity contribution in [3.63, 3.8) is 0 Å². The minimum atomic E-state index is -4.80. The Balaban J connectivity index is 1.32. The zero-order valence-corrected chi connectivity index (χ0v) is 18.2. The highest BCUT2D eigenvalue weighted by Gasteiger charge is 2.35. The second kappa shape index (κ2) is 8.95. The van der Waals surface area contributed by atoms with E-state index in [-0.39, 0.29) is 11.3 Å². The molecule has 7 nitrogen and oxygen atoms in total. The first-order valence-corrected chi connectivity index (χ1v) is 10.8. The lowest BCUT2D eigenvalue weighted by Crippen LogP contribution is -2.37. The Morgan fingerprint density at radius 1 is 0.971 bits per heavy atom. The summed E-state index contributed by atoms with van der Waals surface area (Å²) < 4.78 is 47.1. The minimum absolute atomic E-state index is 0.170. The zero-order chi connectivity index (χ0) is 24.6. The molecule has 0 spiro atoms. The Bertz CT molecular complexity index is 1410. The number of hydrogen-bond donors (Lipinski definition) is 2. The minimum Gasteiger partial charge on any atom is -0.486 e. The molecule has 2 heterocycles. The van der Waals surface area contributed by atoms with E-state index in [1.165, 1.54) is 18.2 Å². The lowest BCUT2D eigenvalue weighted by molar-refractivity contribution is -0.274. The van der Waals surface area contributed by atoms with Crippen LogP contribution < -0.4 is 19.9 Å². The summed E-state index contributed by atoms with van der Waals surface area (Å²) in [4.78, 5) is 13.8. The van der Waals surface area contributed by atoms with Crippen LogP contribution in [-0.4, -0.2) is 40.5 Å². The summed E-state index contributed by atoms with van der Waals surface area (Å²) in [5, 5.41) is 18.8. The molecule has 0 amide bonds. The number of alkyl halides is 3. The van der Waals surface area contributed by atoms with E-state index in [0.717, 1.165) is 22.7 Å². The van der Waals surface area contributed by atoms with Crippen molar-refractivity contribution < 1.29 is 27.8 Å². The van der Waals surface area contributed by atoms with Crippen LogP contribution in [0.2, 0.25) is 0 Å². The molecule has 2 atom stereocenters. The number of aliphatic hydroxyl groups excluding tert-OH is 1. The highest BCUT2D eigenvalue weighted by atomic mass is 19.4. The molecular formula is C25H20F3N3O4. The summed E-state index contributed by atoms with van der Waals surface area (Å²) in [7, 11) is 0. The summed E-state index contributed by atoms with van der Waals surface area (Å²) >= 11 is 0. The number of fused-ring (bicyclic) bond motifs is 1. The molecule has 10 heteroatoms. The van der Waals surface area contributed by atoms with Gasteiger partial charge in [-0.15, -0.1) is 13.2 Å². The molecule has 4 aromatic rings. The normalized spacial score (nSPS) is 18.1. The van der Waals surface area contributed by atoms with Gasteiger partial charge in [-0.3, -0.25) is 4.79 Å². The molecule has 0 radical (unpaired) electrons. The number of aromatic amines is 1. The monoisotopic (exact) mass is 483 g/mol. The van der Waals surface area contributed by atoms with Gasteiger partial charge in [-0.25, -0.2) is 5.10 Å². The molecular weight excluding hydrogens is 463 g/mol. The maximum Gasteiger partial charge on any atom is 0.573 e. The Labute approximate surface area is 197 Å². The van der Waals surface area contributed by atoms with Gasteiger partial charge in [-0.1, -0.05) is 36.4 Å². The second-order valence-corrected chi connectivity index (χ2v) is 8.07. The number of aromatic nitrogens is 2. The summed E-state index contributed by atoms with van der Waals surface area (Å²) in [5.41, 5.74) is 1.91. The number of hydrogen-bond acceptors (Lipinski definition) is 6. The fourth-order valence-corrected chi connectivity index (χ4v) is 4.21. The highest BCUT2D eigenvalue weighted by Crippen LogP contribution is 2.32. The number of nitrogens with one attached hydrogen (secondary N) is 1. The lowest BCUT2D eigenvalue weighted by atomic mass is 10.0. The van der Waals surface area contributed by atoms with Crippen molar-refractivity contribution in [1.82, 2.24) is 10.2 Å². The van der Waals surface area contributed by atoms with E-state index in [4.69, 9.17) is 4.74 Å². The summed E-state index contributed by atoms with van der Waals surface area (Å²) in [6, 6.07) is 19.8. The van der Waals surface area contributed by atoms with Gasteiger partial charge >= 0.3 is 6.36 Å². The summed E-state index contributed by atoms with van der Waals surface area (Å²) in [6.07, 6.45) is -5.97. The van der Waals surface area contributed by atoms with Gasteiger partial charge in [0.2, 0.25) is 0 Å². The first-order chi connectivity index (χ1) is 16.8. The van der Waals surface area contributed by atoms with E-state index in [0.29, 0.717) is 24.0 Å². The van der Waals surface area contributed by atoms with E-state index in [1.54, 1.807) is 17.0 Å². The van der Waals surface area contributed by atoms with Crippen molar-refractivity contribution in [1.29, 1.82) is 0 Å². The third-order valence-electron chi connectivity index (χ3n) is 5.80. The van der Waals surface area contributed by atoms with Gasteiger partial charge in [0.1, 0.15) is 17.6 Å². The molecule has 0 aliphatic carbocycles. The Morgan fingerprint density at radius 3 is 2.43 bits per heavy atom. The van der Waals surface area contributed by atoms with Crippen LogP contribution in [0.5, 0.6) is 11.5 Å². The van der Waals surface area contributed by atoms with Crippen LogP contribution >= 0.6 is 0 Å². The topological polar surface area (TPSA) is 87.7 Å². The molecule has 1 aliphatic heterocycles. The van der Waals surface area contributed by atoms with Crippen LogP contribution in [0, 0.1) is 0 Å². The number of ether oxygens (including phenoxy) is 2. The molecule has 2 unspecified atom stereocenters. The molecule has 35 heavy (non-hydrogen) atoms. The van der Waals surface area contributed by atoms with Gasteiger partial charge in [0.05, 0.1) is 11.1 Å². The van der Waals surface area contributed by atoms with Crippen LogP contribution in [0.1, 0.15) is 6.42 Å². The fraction of sp³-hybridized carbons (Fsp3) is 0.200. The Kier molecular flexibility index (Phi) is 5.81. The summed E-state index contributed by atoms with van der Waals surface area (Å²) in [6.45, 7) is 0.490. The number of rotatable bonds is 5. The maximum atomic E-state index is 12.5. The van der Waals surface area contributed by atoms with E-state index in [2.05, 4.69) is 14.9 Å². The van der Waals surface area contributed by atoms with Crippen LogP contribution in [0.4, 0.5) is 18.9 Å². The van der Waals surface area contributed by atoms with Crippen molar-refractivity contribution in [3.8, 4) is 22.8 Å². The van der Waals surface area contributed by atoms with Crippen LogP contribution in [0.15, 0.2) is 77.6 Å². The van der Waals surface area contributed by atoms with E-state index in [1.807, 2.05) is 36.4 Å². The van der Waals surface area contributed by atoms with Crippen LogP contribution in [0.25, 0.3) is 22.0 Å². The molecule has 1 fully saturated rings. The SMILES string of the molecule is O=c1[nH]nc(-c2ccc(N3CCC(Oc4cccc(OC(F)(F)F)c4)C3O)cc2)c2ccccc12. The zero-order valence-electron chi connectivity index (χ0n) is 18.2. The van der Waals surface area contributed by atoms with Crippen LogP contribution in [0.3, 0.4) is 0 Å². The quantitative estimate of drug-likeness (QED) is 0.436. The van der Waals surface area contributed by atoms with Crippen molar-refractivity contribution in [2.45, 2.75) is 25.1 Å². The average Bonchev–Trinajstić information content (AvgIpc) is 3.19. The number of nitrogens with zero attached hydrogens (tertiary/aromatic N) is 2. The molecule has 180 valence electrons. The van der Waals surface area contributed by atoms with E-state index in [9.17, 15) is 23.1 Å². The van der Waals surface area contributed by atoms with Gasteiger partial charge in [-0.05, 0) is 30.3 Å². The first-order valence-electron chi connectivity index (χ1n) is 10.8. The lowest BCUT2D eigenvalue weighted by Gasteiger charge is -2.26. The Hall–Kier alpha value is -4.05. The first kappa shape index (κ1) is 22.7. The molecule has 5 rings (SSSR count). The van der Waals surface area contributed by atoms with Crippen molar-refractivity contribution in [2.24, 2.45) is 0 Å². The van der Waals surface area contributed by atoms with Gasteiger partial charge in [-0.2, -0.15) is 5.10 Å². The average molecular weight is 483 g/mol. The van der Waals surface area contributed by atoms with Crippen molar-refractivity contribution in [3.05, 3.63) is 83.2 Å². The molecule has 0 bridgehead atoms. The molecule has 3 aromatic carbocycles. The number of halogens is 3. The largest absolute Gasteiger partial charge is 0.573 e. The molecule has 0 saturated carbocycles. The number of anilines is 1. The van der Waals surface area contributed by atoms with Crippen molar-refractivity contribution >= 4 is 16.5 Å². The van der Waals surface area contributed by atoms with Crippen molar-refractivity contribution in [2.75, 3.05) is 11.4 Å². The molecule has 1 saturated heterocycles. The van der Waals surface area contributed by atoms with Gasteiger partial charge < -0.3 is 19.5 Å². The third kappa shape index (κ3) is 4.78. The van der Waals surface area contributed by atoms with Gasteiger partial charge in [0.25, 0.3) is 5.56 Å². The highest BCUT2D eigenvalue weighted by molar-refractivity contribution is 5.93. The predicted molar refractivity (Wildman–Crippen MR) is 123 cm³/mol. The maximum absolute atomic E-state index is 12.5. The molecule has 1 aromatic heterocycles. The van der Waals surface area contributed by atoms with E-state index >= 15 is 0 Å².